The number of aliphatic carboxylic acids is 1. The van der Waals surface area contributed by atoms with Crippen molar-refractivity contribution in [2.45, 2.75) is 138 Å². The molecule has 4 N–H and O–H groups in total. The molecule has 1 saturated heterocycles. The maximum Gasteiger partial charge on any atom is 0.306 e. The van der Waals surface area contributed by atoms with Crippen molar-refractivity contribution < 1.29 is 72.2 Å². The van der Waals surface area contributed by atoms with E-state index in [0.29, 0.717) is 51.8 Å². The maximum atomic E-state index is 14.0. The second-order valence-electron chi connectivity index (χ2n) is 21.7. The van der Waals surface area contributed by atoms with Gasteiger partial charge in [-0.25, -0.2) is 0 Å². The molecule has 74 heavy (non-hydrogen) atoms. The molecule has 0 aromatic heterocycles. The summed E-state index contributed by atoms with van der Waals surface area (Å²) in [6.45, 7) is 15.7. The van der Waals surface area contributed by atoms with Gasteiger partial charge in [-0.2, -0.15) is 0 Å². The first-order valence-corrected chi connectivity index (χ1v) is 25.5. The Hall–Kier alpha value is -5.76. The molecule has 1 unspecified atom stereocenters. The van der Waals surface area contributed by atoms with Crippen LogP contribution >= 0.6 is 0 Å². The standard InChI is InChI=1S/C54H79N5O15/c1-30-45-33(15-18-40(64)69-9)50(3,4)37(57-45)27-36-32(14-17-38(61)55-22-24-74-25-23-60)52(6,28-39(62)63)48(56-36)31(2)46-34(16-19-41(65)70-10)53(7,29-44(68)73-13)54(8,59-46)49-35(26-43(67)72-12)51(5,47(30)58-49)21-20-42(66)71-11/h27,32-35,49,56,60H,14-26,28-29H2,1-13H3,(H,55,61)(H,62,63)/b36-27-,45-30-,48-31-/t32-,33-,34-,35+,49?,51-,52+,53+,54+/m1/s1. The van der Waals surface area contributed by atoms with Gasteiger partial charge >= 0.3 is 35.8 Å². The second kappa shape index (κ2) is 23.8. The summed E-state index contributed by atoms with van der Waals surface area (Å²) in [5.41, 5.74) is -1.24. The predicted octanol–water partition coefficient (Wildman–Crippen LogP) is 5.40. The summed E-state index contributed by atoms with van der Waals surface area (Å²) < 4.78 is 31.6. The zero-order chi connectivity index (χ0) is 55.1. The van der Waals surface area contributed by atoms with Crippen LogP contribution in [0.3, 0.4) is 0 Å². The number of aliphatic hydroxyl groups is 1. The molecule has 20 heteroatoms. The molecule has 20 nitrogen and oxygen atoms in total. The van der Waals surface area contributed by atoms with Crippen LogP contribution in [-0.4, -0.2) is 143 Å². The summed E-state index contributed by atoms with van der Waals surface area (Å²) in [6, 6.07) is -0.923. The Kier molecular flexibility index (Phi) is 19.0. The Morgan fingerprint density at radius 1 is 0.703 bits per heavy atom. The number of fused-ring (bicyclic) bond motifs is 6. The van der Waals surface area contributed by atoms with Crippen LogP contribution in [0.5, 0.6) is 0 Å². The molecule has 0 aromatic rings. The summed E-state index contributed by atoms with van der Waals surface area (Å²) >= 11 is 0. The topological polar surface area (TPSA) is 276 Å². The van der Waals surface area contributed by atoms with Crippen LogP contribution in [0.2, 0.25) is 0 Å². The average Bonchev–Trinajstić information content (AvgIpc) is 3.97. The number of esters is 5. The molecular weight excluding hydrogens is 959 g/mol. The van der Waals surface area contributed by atoms with Gasteiger partial charge in [0.1, 0.15) is 0 Å². The first-order chi connectivity index (χ1) is 34.8. The van der Waals surface area contributed by atoms with Crippen LogP contribution in [0.25, 0.3) is 0 Å². The highest BCUT2D eigenvalue weighted by molar-refractivity contribution is 6.10. The van der Waals surface area contributed by atoms with Crippen LogP contribution in [0, 0.1) is 45.3 Å². The summed E-state index contributed by atoms with van der Waals surface area (Å²) in [4.78, 5) is 111. The highest BCUT2D eigenvalue weighted by Gasteiger charge is 2.66. The molecule has 0 saturated carbocycles. The van der Waals surface area contributed by atoms with Crippen LogP contribution in [-0.2, 0) is 62.0 Å². The number of carbonyl (C=O) groups excluding carboxylic acids is 6. The minimum atomic E-state index is -1.41. The SMILES string of the molecule is COC(=O)CC[C@@H]1/C2=C(\C)C3=NC([C@H](CC(=O)OC)[C@@]3(C)CCC(=O)OC)[C@]3(C)N=C(/C(C)=C4\N/C(=C\C(=N2)C1(C)C)[C@@H](CCC(=O)NCCOCCO)[C@]4(C)CC(=O)O)[C@@H](CCC(=O)OC)[C@]3(C)CC(=O)OC. The molecule has 5 aliphatic rings. The van der Waals surface area contributed by atoms with Crippen molar-refractivity contribution in [2.24, 2.45) is 60.3 Å². The van der Waals surface area contributed by atoms with E-state index < -0.39 is 92.7 Å². The van der Waals surface area contributed by atoms with Crippen LogP contribution in [0.15, 0.2) is 49.3 Å². The minimum Gasteiger partial charge on any atom is -0.481 e. The molecule has 1 fully saturated rings. The van der Waals surface area contributed by atoms with Gasteiger partial charge in [0.15, 0.2) is 0 Å². The largest absolute Gasteiger partial charge is 0.481 e. The van der Waals surface area contributed by atoms with Crippen LogP contribution < -0.4 is 10.6 Å². The minimum absolute atomic E-state index is 0.00166. The molecule has 1 amide bonds. The van der Waals surface area contributed by atoms with E-state index in [2.05, 4.69) is 10.6 Å². The normalized spacial score (nSPS) is 32.3. The number of nitrogens with zero attached hydrogens (tertiary/aromatic N) is 3. The number of carboxylic acid groups (broad SMARTS) is 1. The van der Waals surface area contributed by atoms with E-state index in [4.69, 9.17) is 48.5 Å². The second-order valence-corrected chi connectivity index (χ2v) is 21.7. The molecule has 9 atom stereocenters. The smallest absolute Gasteiger partial charge is 0.306 e. The molecule has 0 aliphatic carbocycles. The Morgan fingerprint density at radius 2 is 1.28 bits per heavy atom. The summed E-state index contributed by atoms with van der Waals surface area (Å²) in [5, 5.41) is 26.5. The fraction of sp³-hybridized carbons (Fsp3) is 0.704. The quantitative estimate of drug-likeness (QED) is 0.0566. The van der Waals surface area contributed by atoms with E-state index in [1.807, 2.05) is 61.5 Å². The van der Waals surface area contributed by atoms with Gasteiger partial charge < -0.3 is 49.3 Å². The molecule has 5 aliphatic heterocycles. The summed E-state index contributed by atoms with van der Waals surface area (Å²) in [5.74, 6) is -6.46. The van der Waals surface area contributed by atoms with Crippen LogP contribution in [0.1, 0.15) is 126 Å². The number of hydrogen-bond acceptors (Lipinski definition) is 18. The molecule has 5 rings (SSSR count). The first kappa shape index (κ1) is 59.1. The molecule has 410 valence electrons. The van der Waals surface area contributed by atoms with E-state index in [1.54, 1.807) is 0 Å². The van der Waals surface area contributed by atoms with Gasteiger partial charge in [0, 0.05) is 112 Å². The highest BCUT2D eigenvalue weighted by Crippen LogP contribution is 2.62. The number of hydrogen-bond donors (Lipinski definition) is 4. The number of aliphatic hydroxyl groups excluding tert-OH is 1. The predicted molar refractivity (Wildman–Crippen MR) is 273 cm³/mol. The molecule has 5 heterocycles. The third-order valence-electron chi connectivity index (χ3n) is 17.2. The zero-order valence-corrected chi connectivity index (χ0v) is 45.6. The maximum absolute atomic E-state index is 14.0. The Morgan fingerprint density at radius 3 is 1.86 bits per heavy atom. The Bertz CT molecular complexity index is 2420. The highest BCUT2D eigenvalue weighted by atomic mass is 16.5. The number of rotatable bonds is 23. The molecular formula is C54H79N5O15. The van der Waals surface area contributed by atoms with E-state index >= 15 is 0 Å². The summed E-state index contributed by atoms with van der Waals surface area (Å²) in [6.07, 6.45) is 1.80. The van der Waals surface area contributed by atoms with Crippen molar-refractivity contribution in [1.29, 1.82) is 0 Å². The van der Waals surface area contributed by atoms with Crippen molar-refractivity contribution in [1.82, 2.24) is 10.6 Å². The van der Waals surface area contributed by atoms with Gasteiger partial charge in [0.2, 0.25) is 5.91 Å². The van der Waals surface area contributed by atoms with Crippen molar-refractivity contribution in [3.63, 3.8) is 0 Å². The third kappa shape index (κ3) is 11.5. The van der Waals surface area contributed by atoms with E-state index in [1.165, 1.54) is 35.5 Å². The number of ether oxygens (including phenoxy) is 6. The number of carbonyl (C=O) groups is 7. The van der Waals surface area contributed by atoms with Crippen molar-refractivity contribution >= 4 is 58.9 Å². The van der Waals surface area contributed by atoms with Gasteiger partial charge in [-0.3, -0.25) is 48.5 Å². The zero-order valence-electron chi connectivity index (χ0n) is 45.6. The number of amides is 1. The number of aliphatic imine (C=N–C) groups is 3. The van der Waals surface area contributed by atoms with Gasteiger partial charge in [-0.05, 0) is 63.7 Å². The molecule has 0 aromatic carbocycles. The van der Waals surface area contributed by atoms with Gasteiger partial charge in [-0.1, -0.05) is 34.6 Å². The van der Waals surface area contributed by atoms with Crippen molar-refractivity contribution in [3.05, 3.63) is 34.3 Å². The fourth-order valence-corrected chi connectivity index (χ4v) is 12.7. The van der Waals surface area contributed by atoms with Gasteiger partial charge in [-0.15, -0.1) is 0 Å². The lowest BCUT2D eigenvalue weighted by Crippen LogP contribution is -2.55. The summed E-state index contributed by atoms with van der Waals surface area (Å²) in [7, 11) is 6.50. The lowest BCUT2D eigenvalue weighted by Gasteiger charge is -2.48. The first-order valence-electron chi connectivity index (χ1n) is 25.5. The van der Waals surface area contributed by atoms with Crippen LogP contribution in [0.4, 0.5) is 0 Å². The number of carboxylic acids is 1. The molecule has 8 bridgehead atoms. The number of methoxy groups -OCH3 is 5. The van der Waals surface area contributed by atoms with E-state index in [9.17, 15) is 38.7 Å². The monoisotopic (exact) mass is 1040 g/mol. The average molecular weight is 1040 g/mol. The van der Waals surface area contributed by atoms with E-state index in [0.717, 1.165) is 0 Å². The lowest BCUT2D eigenvalue weighted by atomic mass is 9.55. The third-order valence-corrected chi connectivity index (χ3v) is 17.2. The molecule has 0 spiro atoms. The van der Waals surface area contributed by atoms with Gasteiger partial charge in [0.25, 0.3) is 0 Å². The molecule has 0 radical (unpaired) electrons. The number of nitrogens with one attached hydrogen (secondary N) is 2. The lowest BCUT2D eigenvalue weighted by molar-refractivity contribution is -0.147. The fourth-order valence-electron chi connectivity index (χ4n) is 12.7. The Labute approximate surface area is 434 Å². The number of allylic oxidation sites excluding steroid dienone is 6. The Balaban J connectivity index is 1.97. The van der Waals surface area contributed by atoms with E-state index in [-0.39, 0.29) is 96.5 Å². The van der Waals surface area contributed by atoms with Gasteiger partial charge in [0.05, 0.1) is 86.2 Å². The van der Waals surface area contributed by atoms with Crippen molar-refractivity contribution in [3.8, 4) is 0 Å². The van der Waals surface area contributed by atoms with Crippen molar-refractivity contribution in [2.75, 3.05) is 61.9 Å².